The summed E-state index contributed by atoms with van der Waals surface area (Å²) in [4.78, 5) is 2.49. The number of hydrogen-bond donors (Lipinski definition) is 1. The van der Waals surface area contributed by atoms with E-state index in [0.717, 1.165) is 31.7 Å². The summed E-state index contributed by atoms with van der Waals surface area (Å²) in [6.45, 7) is 6.72. The van der Waals surface area contributed by atoms with Crippen LogP contribution in [0.2, 0.25) is 0 Å². The van der Waals surface area contributed by atoms with Gasteiger partial charge in [-0.25, -0.2) is 0 Å². The number of nitrogens with zero attached hydrogens (tertiary/aromatic N) is 1. The molecule has 3 atom stereocenters. The molecule has 1 aromatic heterocycles. The fourth-order valence-electron chi connectivity index (χ4n) is 2.65. The van der Waals surface area contributed by atoms with Gasteiger partial charge in [-0.1, -0.05) is 6.92 Å². The van der Waals surface area contributed by atoms with Crippen LogP contribution in [0.15, 0.2) is 22.8 Å². The summed E-state index contributed by atoms with van der Waals surface area (Å²) >= 11 is 0. The zero-order valence-electron chi connectivity index (χ0n) is 10.2. The number of hydrogen-bond acceptors (Lipinski definition) is 3. The Morgan fingerprint density at radius 1 is 1.56 bits per heavy atom. The molecule has 0 spiro atoms. The van der Waals surface area contributed by atoms with E-state index in [4.69, 9.17) is 10.2 Å². The molecule has 90 valence electrons. The van der Waals surface area contributed by atoms with Crippen molar-refractivity contribution in [2.45, 2.75) is 38.8 Å². The Bertz CT molecular complexity index is 300. The summed E-state index contributed by atoms with van der Waals surface area (Å²) in [6.07, 6.45) is 3.88. The molecule has 16 heavy (non-hydrogen) atoms. The summed E-state index contributed by atoms with van der Waals surface area (Å²) in [5.74, 6) is 1.78. The van der Waals surface area contributed by atoms with E-state index < -0.39 is 0 Å². The number of rotatable bonds is 3. The average Bonchev–Trinajstić information content (AvgIpc) is 2.68. The number of piperidine rings is 1. The monoisotopic (exact) mass is 222 g/mol. The molecule has 3 heteroatoms. The van der Waals surface area contributed by atoms with Crippen LogP contribution in [0.3, 0.4) is 0 Å². The van der Waals surface area contributed by atoms with Gasteiger partial charge in [0.1, 0.15) is 5.76 Å². The molecule has 2 heterocycles. The Morgan fingerprint density at radius 2 is 2.38 bits per heavy atom. The normalized spacial score (nSPS) is 29.2. The first kappa shape index (κ1) is 11.7. The molecule has 1 aromatic rings. The molecule has 3 unspecified atom stereocenters. The van der Waals surface area contributed by atoms with Gasteiger partial charge in [0.05, 0.1) is 6.26 Å². The minimum absolute atomic E-state index is 0.336. The predicted molar refractivity (Wildman–Crippen MR) is 65.2 cm³/mol. The largest absolute Gasteiger partial charge is 0.469 e. The molecule has 0 aromatic carbocycles. The molecule has 0 saturated carbocycles. The lowest BCUT2D eigenvalue weighted by Crippen LogP contribution is -2.50. The summed E-state index contributed by atoms with van der Waals surface area (Å²) in [6, 6.07) is 4.85. The maximum Gasteiger partial charge on any atom is 0.105 e. The van der Waals surface area contributed by atoms with Crippen LogP contribution in [-0.2, 0) is 6.42 Å². The highest BCUT2D eigenvalue weighted by molar-refractivity contribution is 5.00. The Labute approximate surface area is 97.6 Å². The smallest absolute Gasteiger partial charge is 0.105 e. The molecule has 0 radical (unpaired) electrons. The van der Waals surface area contributed by atoms with Crippen LogP contribution in [0.25, 0.3) is 0 Å². The SMILES string of the molecule is CC1CC(N)CN(C(C)Cc2ccco2)C1. The third kappa shape index (κ3) is 2.86. The summed E-state index contributed by atoms with van der Waals surface area (Å²) in [5, 5.41) is 0. The second-order valence-electron chi connectivity index (χ2n) is 5.19. The van der Waals surface area contributed by atoms with E-state index in [1.807, 2.05) is 12.1 Å². The van der Waals surface area contributed by atoms with Gasteiger partial charge in [0.25, 0.3) is 0 Å². The summed E-state index contributed by atoms with van der Waals surface area (Å²) in [7, 11) is 0. The van der Waals surface area contributed by atoms with E-state index in [-0.39, 0.29) is 0 Å². The highest BCUT2D eigenvalue weighted by Gasteiger charge is 2.25. The Hall–Kier alpha value is -0.800. The predicted octanol–water partition coefficient (Wildman–Crippen LogP) is 1.88. The van der Waals surface area contributed by atoms with Crippen molar-refractivity contribution < 1.29 is 4.42 Å². The fourth-order valence-corrected chi connectivity index (χ4v) is 2.65. The van der Waals surface area contributed by atoms with Crippen molar-refractivity contribution in [1.82, 2.24) is 4.90 Å². The average molecular weight is 222 g/mol. The van der Waals surface area contributed by atoms with Gasteiger partial charge in [0.15, 0.2) is 0 Å². The number of likely N-dealkylation sites (tertiary alicyclic amines) is 1. The number of furan rings is 1. The van der Waals surface area contributed by atoms with E-state index >= 15 is 0 Å². The van der Waals surface area contributed by atoms with Crippen molar-refractivity contribution in [3.8, 4) is 0 Å². The molecule has 2 N–H and O–H groups in total. The first-order valence-corrected chi connectivity index (χ1v) is 6.17. The van der Waals surface area contributed by atoms with Crippen LogP contribution in [0.5, 0.6) is 0 Å². The Morgan fingerprint density at radius 3 is 3.00 bits per heavy atom. The van der Waals surface area contributed by atoms with Crippen molar-refractivity contribution in [2.24, 2.45) is 11.7 Å². The quantitative estimate of drug-likeness (QED) is 0.849. The van der Waals surface area contributed by atoms with Gasteiger partial charge in [-0.05, 0) is 31.4 Å². The molecule has 0 amide bonds. The molecule has 1 saturated heterocycles. The van der Waals surface area contributed by atoms with Gasteiger partial charge in [-0.3, -0.25) is 4.90 Å². The third-order valence-corrected chi connectivity index (χ3v) is 3.42. The first-order valence-electron chi connectivity index (χ1n) is 6.17. The lowest BCUT2D eigenvalue weighted by Gasteiger charge is -2.38. The van der Waals surface area contributed by atoms with Crippen LogP contribution in [0.4, 0.5) is 0 Å². The summed E-state index contributed by atoms with van der Waals surface area (Å²) < 4.78 is 5.39. The summed E-state index contributed by atoms with van der Waals surface area (Å²) in [5.41, 5.74) is 6.06. The standard InChI is InChI=1S/C13H22N2O/c1-10-6-12(14)9-15(8-10)11(2)7-13-4-3-5-16-13/h3-5,10-12H,6-9,14H2,1-2H3. The maximum atomic E-state index is 6.06. The van der Waals surface area contributed by atoms with Crippen molar-refractivity contribution in [1.29, 1.82) is 0 Å². The van der Waals surface area contributed by atoms with E-state index in [2.05, 4.69) is 18.7 Å². The number of nitrogens with two attached hydrogens (primary N) is 1. The zero-order chi connectivity index (χ0) is 11.5. The molecule has 2 rings (SSSR count). The van der Waals surface area contributed by atoms with Gasteiger partial charge in [0.2, 0.25) is 0 Å². The van der Waals surface area contributed by atoms with Crippen molar-refractivity contribution in [3.05, 3.63) is 24.2 Å². The van der Waals surface area contributed by atoms with Crippen LogP contribution in [-0.4, -0.2) is 30.1 Å². The minimum atomic E-state index is 0.336. The van der Waals surface area contributed by atoms with Crippen LogP contribution in [0, 0.1) is 5.92 Å². The second-order valence-corrected chi connectivity index (χ2v) is 5.19. The highest BCUT2D eigenvalue weighted by Crippen LogP contribution is 2.19. The van der Waals surface area contributed by atoms with Crippen LogP contribution < -0.4 is 5.73 Å². The lowest BCUT2D eigenvalue weighted by atomic mass is 9.95. The van der Waals surface area contributed by atoms with Gasteiger partial charge in [-0.15, -0.1) is 0 Å². The van der Waals surface area contributed by atoms with Gasteiger partial charge < -0.3 is 10.2 Å². The van der Waals surface area contributed by atoms with E-state index in [9.17, 15) is 0 Å². The second kappa shape index (κ2) is 5.02. The molecule has 0 bridgehead atoms. The van der Waals surface area contributed by atoms with Crippen molar-refractivity contribution >= 4 is 0 Å². The van der Waals surface area contributed by atoms with Gasteiger partial charge >= 0.3 is 0 Å². The van der Waals surface area contributed by atoms with Crippen molar-refractivity contribution in [3.63, 3.8) is 0 Å². The molecule has 1 aliphatic rings. The van der Waals surface area contributed by atoms with E-state index in [1.54, 1.807) is 6.26 Å². The van der Waals surface area contributed by atoms with Crippen LogP contribution >= 0.6 is 0 Å². The van der Waals surface area contributed by atoms with E-state index in [0.29, 0.717) is 18.0 Å². The Balaban J connectivity index is 1.91. The lowest BCUT2D eigenvalue weighted by molar-refractivity contribution is 0.120. The Kier molecular flexibility index (Phi) is 3.66. The molecular weight excluding hydrogens is 200 g/mol. The van der Waals surface area contributed by atoms with Gasteiger partial charge in [0, 0.05) is 31.6 Å². The van der Waals surface area contributed by atoms with Crippen LogP contribution in [0.1, 0.15) is 26.0 Å². The molecule has 3 nitrogen and oxygen atoms in total. The third-order valence-electron chi connectivity index (χ3n) is 3.42. The molecule has 0 aliphatic carbocycles. The van der Waals surface area contributed by atoms with E-state index in [1.165, 1.54) is 0 Å². The molecule has 1 aliphatic heterocycles. The topological polar surface area (TPSA) is 42.4 Å². The first-order chi connectivity index (χ1) is 7.65. The molecule has 1 fully saturated rings. The fraction of sp³-hybridized carbons (Fsp3) is 0.692. The van der Waals surface area contributed by atoms with Gasteiger partial charge in [-0.2, -0.15) is 0 Å². The molecular formula is C13H22N2O. The zero-order valence-corrected chi connectivity index (χ0v) is 10.2. The minimum Gasteiger partial charge on any atom is -0.469 e. The highest BCUT2D eigenvalue weighted by atomic mass is 16.3. The van der Waals surface area contributed by atoms with Crippen molar-refractivity contribution in [2.75, 3.05) is 13.1 Å². The maximum absolute atomic E-state index is 6.06.